The average Bonchev–Trinajstić information content (AvgIpc) is 2.52. The highest BCUT2D eigenvalue weighted by Crippen LogP contribution is 2.26. The molecule has 0 aromatic carbocycles. The Bertz CT molecular complexity index is 296. The predicted molar refractivity (Wildman–Crippen MR) is 57.4 cm³/mol. The Labute approximate surface area is 86.0 Å². The molecule has 0 aliphatic rings. The maximum absolute atomic E-state index is 11.3. The zero-order chi connectivity index (χ0) is 9.84. The van der Waals surface area contributed by atoms with E-state index in [1.54, 1.807) is 18.0 Å². The Morgan fingerprint density at radius 1 is 1.69 bits per heavy atom. The van der Waals surface area contributed by atoms with E-state index in [1.165, 1.54) is 11.3 Å². The molecule has 0 saturated carbocycles. The average molecular weight is 216 g/mol. The van der Waals surface area contributed by atoms with Crippen molar-refractivity contribution in [1.82, 2.24) is 4.98 Å². The van der Waals surface area contributed by atoms with Crippen LogP contribution in [0.25, 0.3) is 0 Å². The predicted octanol–water partition coefficient (Wildman–Crippen LogP) is 2.46. The fourth-order valence-electron chi connectivity index (χ4n) is 0.661. The normalized spacial score (nSPS) is 10.5. The molecule has 1 aromatic heterocycles. The molecule has 5 heteroatoms. The molecule has 1 amide bonds. The number of thiazole rings is 1. The molecular formula is C8H12N2OS2. The second-order valence-corrected chi connectivity index (χ2v) is 4.97. The Kier molecular flexibility index (Phi) is 3.74. The maximum Gasteiger partial charge on any atom is 0.228 e. The van der Waals surface area contributed by atoms with Crippen LogP contribution in [0.4, 0.5) is 5.13 Å². The van der Waals surface area contributed by atoms with Crippen LogP contribution >= 0.6 is 23.1 Å². The van der Waals surface area contributed by atoms with Gasteiger partial charge in [-0.1, -0.05) is 25.2 Å². The van der Waals surface area contributed by atoms with E-state index in [4.69, 9.17) is 0 Å². The minimum atomic E-state index is 0.00151. The van der Waals surface area contributed by atoms with Crippen LogP contribution in [0.2, 0.25) is 0 Å². The van der Waals surface area contributed by atoms with Gasteiger partial charge < -0.3 is 5.32 Å². The number of aromatic nitrogens is 1. The maximum atomic E-state index is 11.3. The van der Waals surface area contributed by atoms with Crippen LogP contribution in [-0.2, 0) is 4.79 Å². The molecule has 0 atom stereocenters. The lowest BCUT2D eigenvalue weighted by atomic mass is 10.2. The third-order valence-corrected chi connectivity index (χ3v) is 3.41. The highest BCUT2D eigenvalue weighted by molar-refractivity contribution is 8.00. The molecule has 3 nitrogen and oxygen atoms in total. The molecule has 0 bridgehead atoms. The lowest BCUT2D eigenvalue weighted by Crippen LogP contribution is -2.17. The summed E-state index contributed by atoms with van der Waals surface area (Å²) in [5.41, 5.74) is 0. The molecule has 0 saturated heterocycles. The first kappa shape index (κ1) is 10.5. The van der Waals surface area contributed by atoms with Gasteiger partial charge in [0.05, 0.1) is 10.4 Å². The first-order valence-electron chi connectivity index (χ1n) is 3.94. The van der Waals surface area contributed by atoms with E-state index in [-0.39, 0.29) is 11.8 Å². The number of carbonyl (C=O) groups excluding carboxylic acids is 1. The van der Waals surface area contributed by atoms with Crippen molar-refractivity contribution in [3.05, 3.63) is 6.20 Å². The highest BCUT2D eigenvalue weighted by Gasteiger charge is 2.09. The van der Waals surface area contributed by atoms with E-state index < -0.39 is 0 Å². The fourth-order valence-corrected chi connectivity index (χ4v) is 1.94. The number of amides is 1. The second-order valence-electron chi connectivity index (χ2n) is 2.83. The Balaban J connectivity index is 2.59. The number of rotatable bonds is 3. The molecule has 0 radical (unpaired) electrons. The lowest BCUT2D eigenvalue weighted by Gasteiger charge is -2.02. The molecule has 1 aromatic rings. The molecule has 0 spiro atoms. The van der Waals surface area contributed by atoms with E-state index in [0.29, 0.717) is 5.13 Å². The summed E-state index contributed by atoms with van der Waals surface area (Å²) in [5.74, 6) is 0.0173. The van der Waals surface area contributed by atoms with E-state index in [9.17, 15) is 4.79 Å². The van der Waals surface area contributed by atoms with E-state index in [2.05, 4.69) is 10.3 Å². The van der Waals surface area contributed by atoms with Crippen molar-refractivity contribution in [2.75, 3.05) is 11.6 Å². The van der Waals surface area contributed by atoms with Crippen LogP contribution in [0, 0.1) is 5.92 Å². The Morgan fingerprint density at radius 2 is 2.38 bits per heavy atom. The summed E-state index contributed by atoms with van der Waals surface area (Å²) in [6.07, 6.45) is 3.76. The Hall–Kier alpha value is -0.550. The number of hydrogen-bond donors (Lipinski definition) is 1. The third-order valence-electron chi connectivity index (χ3n) is 1.44. The van der Waals surface area contributed by atoms with Gasteiger partial charge in [0.2, 0.25) is 5.91 Å². The number of anilines is 1. The van der Waals surface area contributed by atoms with Crippen molar-refractivity contribution in [2.24, 2.45) is 5.92 Å². The number of thioether (sulfide) groups is 1. The minimum Gasteiger partial charge on any atom is -0.302 e. The van der Waals surface area contributed by atoms with Gasteiger partial charge in [-0.2, -0.15) is 0 Å². The van der Waals surface area contributed by atoms with E-state index >= 15 is 0 Å². The molecule has 0 fully saturated rings. The van der Waals surface area contributed by atoms with Crippen LogP contribution in [0.3, 0.4) is 0 Å². The molecule has 72 valence electrons. The van der Waals surface area contributed by atoms with Gasteiger partial charge in [0.1, 0.15) is 0 Å². The first-order valence-corrected chi connectivity index (χ1v) is 5.98. The van der Waals surface area contributed by atoms with Gasteiger partial charge in [-0.05, 0) is 6.26 Å². The second kappa shape index (κ2) is 4.62. The molecular weight excluding hydrogens is 204 g/mol. The monoisotopic (exact) mass is 216 g/mol. The molecule has 0 aliphatic heterocycles. The summed E-state index contributed by atoms with van der Waals surface area (Å²) in [6.45, 7) is 3.72. The van der Waals surface area contributed by atoms with Gasteiger partial charge in [-0.25, -0.2) is 4.98 Å². The van der Waals surface area contributed by atoms with Crippen molar-refractivity contribution in [1.29, 1.82) is 0 Å². The van der Waals surface area contributed by atoms with Crippen LogP contribution in [-0.4, -0.2) is 17.1 Å². The quantitative estimate of drug-likeness (QED) is 0.789. The Morgan fingerprint density at radius 3 is 2.85 bits per heavy atom. The van der Waals surface area contributed by atoms with Gasteiger partial charge in [0.25, 0.3) is 0 Å². The summed E-state index contributed by atoms with van der Waals surface area (Å²) >= 11 is 3.13. The minimum absolute atomic E-state index is 0.00151. The zero-order valence-electron chi connectivity index (χ0n) is 7.83. The van der Waals surface area contributed by atoms with Crippen molar-refractivity contribution in [3.8, 4) is 0 Å². The van der Waals surface area contributed by atoms with E-state index in [1.807, 2.05) is 20.1 Å². The zero-order valence-corrected chi connectivity index (χ0v) is 9.46. The third kappa shape index (κ3) is 3.00. The van der Waals surface area contributed by atoms with Crippen LogP contribution < -0.4 is 5.32 Å². The van der Waals surface area contributed by atoms with Crippen LogP contribution in [0.15, 0.2) is 10.4 Å². The van der Waals surface area contributed by atoms with E-state index in [0.717, 1.165) is 4.21 Å². The SMILES string of the molecule is CSc1cnc(NC(=O)C(C)C)s1. The number of carbonyl (C=O) groups is 1. The highest BCUT2D eigenvalue weighted by atomic mass is 32.2. The number of nitrogens with one attached hydrogen (secondary N) is 1. The van der Waals surface area contributed by atoms with Crippen molar-refractivity contribution < 1.29 is 4.79 Å². The number of nitrogens with zero attached hydrogens (tertiary/aromatic N) is 1. The molecule has 13 heavy (non-hydrogen) atoms. The lowest BCUT2D eigenvalue weighted by molar-refractivity contribution is -0.118. The van der Waals surface area contributed by atoms with Gasteiger partial charge in [-0.15, -0.1) is 11.8 Å². The topological polar surface area (TPSA) is 42.0 Å². The van der Waals surface area contributed by atoms with Crippen molar-refractivity contribution >= 4 is 34.1 Å². The largest absolute Gasteiger partial charge is 0.302 e. The van der Waals surface area contributed by atoms with Crippen LogP contribution in [0.5, 0.6) is 0 Å². The van der Waals surface area contributed by atoms with Gasteiger partial charge in [0.15, 0.2) is 5.13 Å². The summed E-state index contributed by atoms with van der Waals surface area (Å²) in [5, 5.41) is 3.43. The summed E-state index contributed by atoms with van der Waals surface area (Å²) in [4.78, 5) is 15.3. The first-order chi connectivity index (χ1) is 6.13. The molecule has 0 aliphatic carbocycles. The van der Waals surface area contributed by atoms with Gasteiger partial charge in [0, 0.05) is 5.92 Å². The molecule has 1 rings (SSSR count). The standard InChI is InChI=1S/C8H12N2OS2/c1-5(2)7(11)10-8-9-4-6(12-3)13-8/h4-5H,1-3H3,(H,9,10,11). The molecule has 1 N–H and O–H groups in total. The summed E-state index contributed by atoms with van der Waals surface area (Å²) in [7, 11) is 0. The van der Waals surface area contributed by atoms with Gasteiger partial charge in [-0.3, -0.25) is 4.79 Å². The smallest absolute Gasteiger partial charge is 0.228 e. The summed E-state index contributed by atoms with van der Waals surface area (Å²) < 4.78 is 1.11. The van der Waals surface area contributed by atoms with Crippen molar-refractivity contribution in [3.63, 3.8) is 0 Å². The van der Waals surface area contributed by atoms with Crippen LogP contribution in [0.1, 0.15) is 13.8 Å². The molecule has 1 heterocycles. The summed E-state index contributed by atoms with van der Waals surface area (Å²) in [6, 6.07) is 0. The van der Waals surface area contributed by atoms with Gasteiger partial charge >= 0.3 is 0 Å². The fraction of sp³-hybridized carbons (Fsp3) is 0.500. The molecule has 0 unspecified atom stereocenters. The number of hydrogen-bond acceptors (Lipinski definition) is 4. The van der Waals surface area contributed by atoms with Crippen molar-refractivity contribution in [2.45, 2.75) is 18.1 Å².